The molecule has 2 nitrogen and oxygen atoms in total. The van der Waals surface area contributed by atoms with E-state index in [9.17, 15) is 0 Å². The van der Waals surface area contributed by atoms with Gasteiger partial charge in [-0.15, -0.1) is 0 Å². The largest absolute Gasteiger partial charge is 0.466 e. The van der Waals surface area contributed by atoms with Gasteiger partial charge in [-0.25, -0.2) is 0 Å². The van der Waals surface area contributed by atoms with E-state index in [1.54, 1.807) is 6.26 Å². The molecule has 2 heterocycles. The molecule has 0 N–H and O–H groups in total. The van der Waals surface area contributed by atoms with Crippen LogP contribution >= 0.6 is 0 Å². The molecule has 1 unspecified atom stereocenters. The number of furan rings is 1. The summed E-state index contributed by atoms with van der Waals surface area (Å²) in [5.41, 5.74) is -0.0938. The minimum absolute atomic E-state index is 0.0938. The lowest BCUT2D eigenvalue weighted by molar-refractivity contribution is 0.285. The molecule has 0 bridgehead atoms. The highest BCUT2D eigenvalue weighted by Gasteiger charge is 2.43. The average molecular weight is 124 g/mol. The molecular formula is C7H8O2. The Bertz CT molecular complexity index is 197. The first-order valence-electron chi connectivity index (χ1n) is 2.99. The van der Waals surface area contributed by atoms with Crippen molar-refractivity contribution < 1.29 is 9.15 Å². The van der Waals surface area contributed by atoms with Crippen molar-refractivity contribution in [1.29, 1.82) is 0 Å². The fraction of sp³-hybridized carbons (Fsp3) is 0.429. The minimum Gasteiger partial charge on any atom is -0.466 e. The van der Waals surface area contributed by atoms with Crippen molar-refractivity contribution in [2.45, 2.75) is 12.5 Å². The van der Waals surface area contributed by atoms with Gasteiger partial charge in [0.2, 0.25) is 0 Å². The molecule has 0 radical (unpaired) electrons. The topological polar surface area (TPSA) is 25.7 Å². The van der Waals surface area contributed by atoms with E-state index >= 15 is 0 Å². The van der Waals surface area contributed by atoms with Crippen LogP contribution < -0.4 is 0 Å². The Morgan fingerprint density at radius 1 is 1.67 bits per heavy atom. The number of hydrogen-bond acceptors (Lipinski definition) is 2. The lowest BCUT2D eigenvalue weighted by Gasteiger charge is -1.95. The van der Waals surface area contributed by atoms with Gasteiger partial charge in [0.25, 0.3) is 0 Å². The summed E-state index contributed by atoms with van der Waals surface area (Å²) in [5, 5.41) is 0. The Balaban J connectivity index is 2.34. The third-order valence-electron chi connectivity index (χ3n) is 1.62. The number of ether oxygens (including phenoxy) is 1. The van der Waals surface area contributed by atoms with Crippen LogP contribution in [0.1, 0.15) is 12.7 Å². The van der Waals surface area contributed by atoms with Crippen LogP contribution in [0.2, 0.25) is 0 Å². The van der Waals surface area contributed by atoms with Crippen molar-refractivity contribution in [2.75, 3.05) is 6.61 Å². The van der Waals surface area contributed by atoms with E-state index in [2.05, 4.69) is 0 Å². The molecule has 1 aromatic heterocycles. The zero-order chi connectivity index (χ0) is 6.32. The Morgan fingerprint density at radius 2 is 2.44 bits per heavy atom. The Labute approximate surface area is 53.4 Å². The summed E-state index contributed by atoms with van der Waals surface area (Å²) < 4.78 is 10.3. The molecule has 1 atom stereocenters. The molecule has 2 rings (SSSR count). The van der Waals surface area contributed by atoms with Gasteiger partial charge in [0.15, 0.2) is 0 Å². The molecule has 1 fully saturated rings. The molecule has 48 valence electrons. The number of epoxide rings is 1. The van der Waals surface area contributed by atoms with Gasteiger partial charge in [-0.2, -0.15) is 0 Å². The highest BCUT2D eigenvalue weighted by atomic mass is 16.6. The zero-order valence-electron chi connectivity index (χ0n) is 5.26. The predicted octanol–water partition coefficient (Wildman–Crippen LogP) is 1.52. The van der Waals surface area contributed by atoms with E-state index in [0.717, 1.165) is 12.4 Å². The molecule has 0 aromatic carbocycles. The molecule has 0 saturated carbocycles. The molecule has 1 saturated heterocycles. The number of rotatable bonds is 1. The molecule has 1 aromatic rings. The van der Waals surface area contributed by atoms with Crippen molar-refractivity contribution in [3.63, 3.8) is 0 Å². The molecule has 0 amide bonds. The van der Waals surface area contributed by atoms with Gasteiger partial charge in [-0.3, -0.25) is 0 Å². The first-order valence-corrected chi connectivity index (χ1v) is 2.99. The van der Waals surface area contributed by atoms with E-state index in [0.29, 0.717) is 0 Å². The molecule has 1 aliphatic rings. The van der Waals surface area contributed by atoms with Crippen LogP contribution in [0, 0.1) is 0 Å². The van der Waals surface area contributed by atoms with E-state index in [1.807, 2.05) is 19.1 Å². The molecule has 0 spiro atoms. The first kappa shape index (κ1) is 5.06. The van der Waals surface area contributed by atoms with Crippen molar-refractivity contribution in [1.82, 2.24) is 0 Å². The molecule has 2 heteroatoms. The quantitative estimate of drug-likeness (QED) is 0.530. The summed E-state index contributed by atoms with van der Waals surface area (Å²) >= 11 is 0. The second kappa shape index (κ2) is 1.39. The third-order valence-corrected chi connectivity index (χ3v) is 1.62. The summed E-state index contributed by atoms with van der Waals surface area (Å²) in [4.78, 5) is 0. The summed E-state index contributed by atoms with van der Waals surface area (Å²) in [5.74, 6) is 0.933. The van der Waals surface area contributed by atoms with E-state index < -0.39 is 0 Å². The highest BCUT2D eigenvalue weighted by Crippen LogP contribution is 2.37. The summed E-state index contributed by atoms with van der Waals surface area (Å²) in [6.07, 6.45) is 1.67. The molecule has 0 aliphatic carbocycles. The Morgan fingerprint density at radius 3 is 2.89 bits per heavy atom. The Kier molecular flexibility index (Phi) is 0.781. The van der Waals surface area contributed by atoms with Crippen molar-refractivity contribution in [3.8, 4) is 0 Å². The van der Waals surface area contributed by atoms with Crippen LogP contribution in [0.25, 0.3) is 0 Å². The molecular weight excluding hydrogens is 116 g/mol. The van der Waals surface area contributed by atoms with E-state index in [4.69, 9.17) is 9.15 Å². The van der Waals surface area contributed by atoms with Crippen molar-refractivity contribution in [2.24, 2.45) is 0 Å². The number of hydrogen-bond donors (Lipinski definition) is 0. The van der Waals surface area contributed by atoms with Crippen LogP contribution in [0.5, 0.6) is 0 Å². The summed E-state index contributed by atoms with van der Waals surface area (Å²) in [6, 6.07) is 3.81. The maximum atomic E-state index is 5.15. The van der Waals surface area contributed by atoms with Crippen LogP contribution in [0.3, 0.4) is 0 Å². The fourth-order valence-electron chi connectivity index (χ4n) is 0.830. The maximum Gasteiger partial charge on any atom is 0.146 e. The zero-order valence-corrected chi connectivity index (χ0v) is 5.26. The van der Waals surface area contributed by atoms with Crippen LogP contribution in [0.15, 0.2) is 22.8 Å². The second-order valence-electron chi connectivity index (χ2n) is 2.50. The predicted molar refractivity (Wildman–Crippen MR) is 32.0 cm³/mol. The van der Waals surface area contributed by atoms with Gasteiger partial charge in [-0.05, 0) is 19.1 Å². The van der Waals surface area contributed by atoms with Gasteiger partial charge in [0.1, 0.15) is 11.4 Å². The first-order chi connectivity index (χ1) is 4.31. The minimum atomic E-state index is -0.0938. The standard InChI is InChI=1S/C7H8O2/c1-7(5-9-7)6-3-2-4-8-6/h2-4H,5H2,1H3. The molecule has 1 aliphatic heterocycles. The van der Waals surface area contributed by atoms with E-state index in [-0.39, 0.29) is 5.60 Å². The van der Waals surface area contributed by atoms with Gasteiger partial charge < -0.3 is 9.15 Å². The second-order valence-corrected chi connectivity index (χ2v) is 2.50. The third kappa shape index (κ3) is 0.669. The lowest BCUT2D eigenvalue weighted by atomic mass is 10.1. The van der Waals surface area contributed by atoms with Crippen molar-refractivity contribution >= 4 is 0 Å². The van der Waals surface area contributed by atoms with Crippen LogP contribution in [-0.4, -0.2) is 6.61 Å². The monoisotopic (exact) mass is 124 g/mol. The summed E-state index contributed by atoms with van der Waals surface area (Å²) in [7, 11) is 0. The Hall–Kier alpha value is -0.760. The highest BCUT2D eigenvalue weighted by molar-refractivity contribution is 5.13. The van der Waals surface area contributed by atoms with Gasteiger partial charge in [-0.1, -0.05) is 0 Å². The fourth-order valence-corrected chi connectivity index (χ4v) is 0.830. The summed E-state index contributed by atoms with van der Waals surface area (Å²) in [6.45, 7) is 2.81. The maximum absolute atomic E-state index is 5.15. The van der Waals surface area contributed by atoms with Crippen LogP contribution in [-0.2, 0) is 10.3 Å². The normalized spacial score (nSPS) is 32.6. The van der Waals surface area contributed by atoms with E-state index in [1.165, 1.54) is 0 Å². The lowest BCUT2D eigenvalue weighted by Crippen LogP contribution is -1.98. The van der Waals surface area contributed by atoms with Crippen molar-refractivity contribution in [3.05, 3.63) is 24.2 Å². The van der Waals surface area contributed by atoms with Gasteiger partial charge >= 0.3 is 0 Å². The SMILES string of the molecule is CC1(c2ccco2)CO1. The smallest absolute Gasteiger partial charge is 0.146 e. The van der Waals surface area contributed by atoms with Crippen LogP contribution in [0.4, 0.5) is 0 Å². The average Bonchev–Trinajstić information content (AvgIpc) is 2.46. The van der Waals surface area contributed by atoms with Gasteiger partial charge in [0.05, 0.1) is 12.9 Å². The van der Waals surface area contributed by atoms with Gasteiger partial charge in [0, 0.05) is 0 Å². The molecule has 9 heavy (non-hydrogen) atoms.